The maximum Gasteiger partial charge on any atom is 0.410 e. The van der Waals surface area contributed by atoms with E-state index in [1.165, 1.54) is 0 Å². The zero-order chi connectivity index (χ0) is 26.7. The maximum atomic E-state index is 13.0. The molecule has 0 saturated carbocycles. The molecule has 200 valence electrons. The summed E-state index contributed by atoms with van der Waals surface area (Å²) in [6.45, 7) is 14.7. The van der Waals surface area contributed by atoms with E-state index in [4.69, 9.17) is 19.4 Å². The summed E-state index contributed by atoms with van der Waals surface area (Å²) in [5.41, 5.74) is 2.83. The molecule has 3 heterocycles. The van der Waals surface area contributed by atoms with Gasteiger partial charge in [0, 0.05) is 36.4 Å². The van der Waals surface area contributed by atoms with E-state index in [9.17, 15) is 9.59 Å². The summed E-state index contributed by atoms with van der Waals surface area (Å²) in [7, 11) is 0. The van der Waals surface area contributed by atoms with Gasteiger partial charge in [0.2, 0.25) is 0 Å². The van der Waals surface area contributed by atoms with Gasteiger partial charge in [0.05, 0.1) is 31.0 Å². The molecule has 10 heteroatoms. The number of rotatable bonds is 4. The molecule has 2 N–H and O–H groups in total. The second-order valence-electron chi connectivity index (χ2n) is 10.5. The van der Waals surface area contributed by atoms with E-state index in [-0.39, 0.29) is 24.2 Å². The van der Waals surface area contributed by atoms with Crippen LogP contribution in [0.2, 0.25) is 0 Å². The smallest absolute Gasteiger partial charge is 0.410 e. The topological polar surface area (TPSA) is 109 Å². The average Bonchev–Trinajstić information content (AvgIpc) is 2.84. The minimum Gasteiger partial charge on any atom is -0.444 e. The third kappa shape index (κ3) is 6.12. The van der Waals surface area contributed by atoms with Gasteiger partial charge in [-0.3, -0.25) is 4.90 Å². The van der Waals surface area contributed by atoms with E-state index in [1.807, 2.05) is 58.9 Å². The van der Waals surface area contributed by atoms with Crippen LogP contribution in [0.15, 0.2) is 24.3 Å². The van der Waals surface area contributed by atoms with Crippen molar-refractivity contribution in [2.45, 2.75) is 65.6 Å². The highest BCUT2D eigenvalue weighted by molar-refractivity contribution is 5.89. The standard InChI is InChI=1S/C27H38N6O4/c1-7-28-25(34)29-20-10-8-19(9-11-20)23-30-22-18(3)33(26(35)37-27(4,5)6)13-12-21(22)24(31-23)32-14-15-36-16-17(32)2/h8-11,17-18H,7,12-16H2,1-6H3,(H2,28,29,34)/t17-,18?/m0/s1. The second-order valence-corrected chi connectivity index (χ2v) is 10.5. The SMILES string of the molecule is CCNC(=O)Nc1ccc(-c2nc3c(c(N4CCOC[C@@H]4C)n2)CCN(C(=O)OC(C)(C)C)C3C)cc1. The van der Waals surface area contributed by atoms with E-state index >= 15 is 0 Å². The van der Waals surface area contributed by atoms with E-state index in [0.29, 0.717) is 44.2 Å². The Balaban J connectivity index is 1.71. The summed E-state index contributed by atoms with van der Waals surface area (Å²) in [5, 5.41) is 5.53. The Morgan fingerprint density at radius 2 is 1.86 bits per heavy atom. The second kappa shape index (κ2) is 10.9. The fraction of sp³-hybridized carbons (Fsp3) is 0.556. The molecule has 0 spiro atoms. The Hall–Kier alpha value is -3.40. The molecule has 0 bridgehead atoms. The number of carbonyl (C=O) groups is 2. The number of morpholine rings is 1. The van der Waals surface area contributed by atoms with E-state index < -0.39 is 5.60 Å². The first-order chi connectivity index (χ1) is 17.6. The number of nitrogens with zero attached hydrogens (tertiary/aromatic N) is 4. The summed E-state index contributed by atoms with van der Waals surface area (Å²) in [5.74, 6) is 1.48. The van der Waals surface area contributed by atoms with Crippen LogP contribution in [0.1, 0.15) is 58.8 Å². The van der Waals surface area contributed by atoms with Crippen molar-refractivity contribution in [3.63, 3.8) is 0 Å². The Labute approximate surface area is 218 Å². The van der Waals surface area contributed by atoms with Gasteiger partial charge in [-0.2, -0.15) is 0 Å². The number of ether oxygens (including phenoxy) is 2. The predicted octanol–water partition coefficient (Wildman–Crippen LogP) is 4.36. The van der Waals surface area contributed by atoms with Crippen molar-refractivity contribution >= 4 is 23.6 Å². The van der Waals surface area contributed by atoms with Gasteiger partial charge in [0.15, 0.2) is 5.82 Å². The van der Waals surface area contributed by atoms with Crippen molar-refractivity contribution in [1.29, 1.82) is 0 Å². The summed E-state index contributed by atoms with van der Waals surface area (Å²) in [4.78, 5) is 38.9. The number of aromatic nitrogens is 2. The van der Waals surface area contributed by atoms with Crippen molar-refractivity contribution < 1.29 is 19.1 Å². The molecule has 0 aliphatic carbocycles. The molecule has 0 radical (unpaired) electrons. The number of amides is 3. The van der Waals surface area contributed by atoms with Crippen LogP contribution in [-0.2, 0) is 15.9 Å². The van der Waals surface area contributed by atoms with Crippen molar-refractivity contribution in [3.8, 4) is 11.4 Å². The molecule has 2 atom stereocenters. The third-order valence-corrected chi connectivity index (χ3v) is 6.49. The van der Waals surface area contributed by atoms with Gasteiger partial charge >= 0.3 is 12.1 Å². The van der Waals surface area contributed by atoms with Crippen LogP contribution in [0, 0.1) is 0 Å². The largest absolute Gasteiger partial charge is 0.444 e. The van der Waals surface area contributed by atoms with Crippen LogP contribution in [0.5, 0.6) is 0 Å². The number of hydrogen-bond donors (Lipinski definition) is 2. The van der Waals surface area contributed by atoms with Crippen molar-refractivity contribution in [2.24, 2.45) is 0 Å². The lowest BCUT2D eigenvalue weighted by Gasteiger charge is -2.40. The molecule has 1 aromatic heterocycles. The van der Waals surface area contributed by atoms with E-state index in [2.05, 4.69) is 22.5 Å². The maximum absolute atomic E-state index is 13.0. The summed E-state index contributed by atoms with van der Waals surface area (Å²) >= 11 is 0. The molecule has 2 aliphatic heterocycles. The number of anilines is 2. The zero-order valence-corrected chi connectivity index (χ0v) is 22.6. The summed E-state index contributed by atoms with van der Waals surface area (Å²) in [6, 6.07) is 7.11. The first-order valence-electron chi connectivity index (χ1n) is 13.0. The monoisotopic (exact) mass is 510 g/mol. The first kappa shape index (κ1) is 26.7. The fourth-order valence-corrected chi connectivity index (χ4v) is 4.66. The van der Waals surface area contributed by atoms with Gasteiger partial charge in [-0.1, -0.05) is 0 Å². The van der Waals surface area contributed by atoms with Crippen molar-refractivity contribution in [3.05, 3.63) is 35.5 Å². The Morgan fingerprint density at radius 1 is 1.14 bits per heavy atom. The van der Waals surface area contributed by atoms with Crippen LogP contribution in [0.25, 0.3) is 11.4 Å². The van der Waals surface area contributed by atoms with E-state index in [0.717, 1.165) is 29.2 Å². The van der Waals surface area contributed by atoms with Gasteiger partial charge < -0.3 is 25.0 Å². The summed E-state index contributed by atoms with van der Waals surface area (Å²) < 4.78 is 11.4. The van der Waals surface area contributed by atoms with Gasteiger partial charge in [0.25, 0.3) is 0 Å². The Morgan fingerprint density at radius 3 is 2.51 bits per heavy atom. The fourth-order valence-electron chi connectivity index (χ4n) is 4.66. The Kier molecular flexibility index (Phi) is 7.87. The molecule has 3 amide bonds. The van der Waals surface area contributed by atoms with Gasteiger partial charge in [-0.15, -0.1) is 0 Å². The molecular formula is C27H38N6O4. The number of hydrogen-bond acceptors (Lipinski definition) is 7. The van der Waals surface area contributed by atoms with Crippen LogP contribution in [0.4, 0.5) is 21.1 Å². The minimum atomic E-state index is -0.577. The zero-order valence-electron chi connectivity index (χ0n) is 22.6. The third-order valence-electron chi connectivity index (χ3n) is 6.49. The normalized spacial score (nSPS) is 19.7. The van der Waals surface area contributed by atoms with Crippen LogP contribution in [0.3, 0.4) is 0 Å². The van der Waals surface area contributed by atoms with Crippen molar-refractivity contribution in [2.75, 3.05) is 43.1 Å². The Bertz CT molecular complexity index is 1130. The molecule has 1 saturated heterocycles. The molecule has 2 aliphatic rings. The minimum absolute atomic E-state index is 0.170. The molecule has 2 aromatic rings. The quantitative estimate of drug-likeness (QED) is 0.629. The lowest BCUT2D eigenvalue weighted by atomic mass is 9.98. The van der Waals surface area contributed by atoms with Crippen LogP contribution < -0.4 is 15.5 Å². The van der Waals surface area contributed by atoms with Gasteiger partial charge in [-0.25, -0.2) is 19.6 Å². The molecule has 37 heavy (non-hydrogen) atoms. The molecule has 1 fully saturated rings. The number of nitrogens with one attached hydrogen (secondary N) is 2. The van der Waals surface area contributed by atoms with Crippen LogP contribution >= 0.6 is 0 Å². The average molecular weight is 511 g/mol. The molecule has 1 aromatic carbocycles. The predicted molar refractivity (Wildman–Crippen MR) is 143 cm³/mol. The first-order valence-corrected chi connectivity index (χ1v) is 13.0. The number of benzene rings is 1. The van der Waals surface area contributed by atoms with Gasteiger partial charge in [0.1, 0.15) is 11.4 Å². The highest BCUT2D eigenvalue weighted by Crippen LogP contribution is 2.37. The lowest BCUT2D eigenvalue weighted by molar-refractivity contribution is 0.0154. The molecule has 10 nitrogen and oxygen atoms in total. The van der Waals surface area contributed by atoms with Crippen molar-refractivity contribution in [1.82, 2.24) is 20.2 Å². The van der Waals surface area contributed by atoms with E-state index in [1.54, 1.807) is 4.90 Å². The summed E-state index contributed by atoms with van der Waals surface area (Å²) in [6.07, 6.45) is 0.307. The highest BCUT2D eigenvalue weighted by Gasteiger charge is 2.36. The molecular weight excluding hydrogens is 472 g/mol. The van der Waals surface area contributed by atoms with Gasteiger partial charge in [-0.05, 0) is 72.2 Å². The lowest BCUT2D eigenvalue weighted by Crippen LogP contribution is -2.46. The molecule has 4 rings (SSSR count). The number of fused-ring (bicyclic) bond motifs is 1. The number of urea groups is 1. The molecule has 1 unspecified atom stereocenters. The highest BCUT2D eigenvalue weighted by atomic mass is 16.6. The number of carbonyl (C=O) groups excluding carboxylic acids is 2. The van der Waals surface area contributed by atoms with Crippen LogP contribution in [-0.4, -0.2) is 71.5 Å².